The average Bonchev–Trinajstić information content (AvgIpc) is 2.62. The monoisotopic (exact) mass is 325 g/mol. The van der Waals surface area contributed by atoms with E-state index < -0.39 is 5.97 Å². The maximum Gasteiger partial charge on any atom is 0.354 e. The fourth-order valence-electron chi connectivity index (χ4n) is 1.58. The summed E-state index contributed by atoms with van der Waals surface area (Å²) in [6.07, 6.45) is 1.39. The number of halogens is 1. The summed E-state index contributed by atoms with van der Waals surface area (Å²) in [5, 5.41) is 13.0. The quantitative estimate of drug-likeness (QED) is 0.932. The molecule has 0 saturated carbocycles. The van der Waals surface area contributed by atoms with E-state index in [1.54, 1.807) is 10.7 Å². The molecule has 2 aromatic rings. The molecule has 0 amide bonds. The minimum atomic E-state index is -1.06. The number of hydrogen-bond acceptors (Lipinski definition) is 4. The summed E-state index contributed by atoms with van der Waals surface area (Å²) in [7, 11) is 1.84. The largest absolute Gasteiger partial charge is 0.486 e. The Bertz CT molecular complexity index is 607. The topological polar surface area (TPSA) is 77.2 Å². The highest BCUT2D eigenvalue weighted by molar-refractivity contribution is 9.10. The molecule has 100 valence electrons. The summed E-state index contributed by atoms with van der Waals surface area (Å²) >= 11 is 3.45. The molecule has 19 heavy (non-hydrogen) atoms. The minimum Gasteiger partial charge on any atom is -0.486 e. The van der Waals surface area contributed by atoms with E-state index in [4.69, 9.17) is 9.84 Å². The van der Waals surface area contributed by atoms with Crippen molar-refractivity contribution in [3.05, 3.63) is 39.9 Å². The van der Waals surface area contributed by atoms with Crippen LogP contribution in [0.25, 0.3) is 0 Å². The third kappa shape index (κ3) is 2.93. The first-order valence-electron chi connectivity index (χ1n) is 5.49. The molecule has 0 aliphatic carbocycles. The van der Waals surface area contributed by atoms with Gasteiger partial charge in [0.1, 0.15) is 18.1 Å². The summed E-state index contributed by atoms with van der Waals surface area (Å²) in [5.41, 5.74) is 1.78. The highest BCUT2D eigenvalue weighted by atomic mass is 79.9. The Balaban J connectivity index is 2.08. The van der Waals surface area contributed by atoms with Gasteiger partial charge in [0.15, 0.2) is 0 Å². The van der Waals surface area contributed by atoms with Gasteiger partial charge in [-0.2, -0.15) is 5.10 Å². The Hall–Kier alpha value is -1.89. The van der Waals surface area contributed by atoms with Gasteiger partial charge in [0, 0.05) is 7.05 Å². The van der Waals surface area contributed by atoms with Crippen LogP contribution in [0, 0.1) is 6.92 Å². The van der Waals surface area contributed by atoms with Crippen molar-refractivity contribution in [2.75, 3.05) is 0 Å². The highest BCUT2D eigenvalue weighted by Gasteiger charge is 2.11. The van der Waals surface area contributed by atoms with Crippen LogP contribution < -0.4 is 4.74 Å². The molecule has 2 rings (SSSR count). The van der Waals surface area contributed by atoms with Gasteiger partial charge in [-0.15, -0.1) is 0 Å². The number of carbonyl (C=O) groups is 1. The molecule has 2 heterocycles. The van der Waals surface area contributed by atoms with Gasteiger partial charge in [0.2, 0.25) is 0 Å². The third-order valence-electron chi connectivity index (χ3n) is 2.59. The maximum absolute atomic E-state index is 10.7. The fraction of sp³-hybridized carbons (Fsp3) is 0.250. The number of ether oxygens (including phenoxy) is 1. The van der Waals surface area contributed by atoms with Gasteiger partial charge in [-0.25, -0.2) is 9.78 Å². The van der Waals surface area contributed by atoms with Crippen LogP contribution in [0.1, 0.15) is 21.9 Å². The normalized spacial score (nSPS) is 10.5. The van der Waals surface area contributed by atoms with Crippen molar-refractivity contribution in [3.63, 3.8) is 0 Å². The van der Waals surface area contributed by atoms with Crippen LogP contribution in [0.2, 0.25) is 0 Å². The van der Waals surface area contributed by atoms with E-state index in [0.717, 1.165) is 15.9 Å². The van der Waals surface area contributed by atoms with Crippen molar-refractivity contribution in [3.8, 4) is 5.75 Å². The summed E-state index contributed by atoms with van der Waals surface area (Å²) in [6.45, 7) is 2.23. The minimum absolute atomic E-state index is 0.00934. The number of pyridine rings is 1. The summed E-state index contributed by atoms with van der Waals surface area (Å²) < 4.78 is 8.20. The predicted molar refractivity (Wildman–Crippen MR) is 71.2 cm³/mol. The summed E-state index contributed by atoms with van der Waals surface area (Å²) in [5.74, 6) is -0.549. The zero-order valence-corrected chi connectivity index (χ0v) is 12.0. The molecular formula is C12H12BrN3O3. The molecule has 0 saturated heterocycles. The van der Waals surface area contributed by atoms with E-state index in [9.17, 15) is 4.79 Å². The molecule has 0 aromatic carbocycles. The van der Waals surface area contributed by atoms with Gasteiger partial charge >= 0.3 is 5.97 Å². The zero-order chi connectivity index (χ0) is 14.0. The molecule has 0 atom stereocenters. The number of aromatic carboxylic acids is 1. The SMILES string of the molecule is Cc1nn(C)c(COc2ccc(C(=O)O)nc2)c1Br. The van der Waals surface area contributed by atoms with Gasteiger partial charge in [0.05, 0.1) is 22.1 Å². The van der Waals surface area contributed by atoms with Gasteiger partial charge in [-0.1, -0.05) is 0 Å². The van der Waals surface area contributed by atoms with Crippen LogP contribution >= 0.6 is 15.9 Å². The molecule has 0 fully saturated rings. The number of carboxylic acids is 1. The van der Waals surface area contributed by atoms with Crippen LogP contribution in [0.15, 0.2) is 22.8 Å². The smallest absolute Gasteiger partial charge is 0.354 e. The Morgan fingerprint density at radius 1 is 1.53 bits per heavy atom. The fourth-order valence-corrected chi connectivity index (χ4v) is 2.03. The molecule has 0 bridgehead atoms. The molecule has 7 heteroatoms. The third-order valence-corrected chi connectivity index (χ3v) is 3.62. The van der Waals surface area contributed by atoms with Gasteiger partial charge in [0.25, 0.3) is 0 Å². The Kier molecular flexibility index (Phi) is 3.84. The molecule has 0 aliphatic rings. The maximum atomic E-state index is 10.7. The second-order valence-corrected chi connectivity index (χ2v) is 4.74. The van der Waals surface area contributed by atoms with Crippen LogP contribution in [0.5, 0.6) is 5.75 Å². The molecule has 0 aliphatic heterocycles. The van der Waals surface area contributed by atoms with Crippen LogP contribution in [0.3, 0.4) is 0 Å². The second kappa shape index (κ2) is 5.40. The molecule has 0 spiro atoms. The van der Waals surface area contributed by atoms with E-state index in [1.165, 1.54) is 12.3 Å². The Morgan fingerprint density at radius 3 is 2.74 bits per heavy atom. The van der Waals surface area contributed by atoms with Crippen LogP contribution in [0.4, 0.5) is 0 Å². The molecule has 0 radical (unpaired) electrons. The lowest BCUT2D eigenvalue weighted by molar-refractivity contribution is 0.0690. The van der Waals surface area contributed by atoms with Crippen molar-refractivity contribution in [2.45, 2.75) is 13.5 Å². The van der Waals surface area contributed by atoms with Crippen LogP contribution in [-0.2, 0) is 13.7 Å². The second-order valence-electron chi connectivity index (χ2n) is 3.94. The van der Waals surface area contributed by atoms with E-state index >= 15 is 0 Å². The lowest BCUT2D eigenvalue weighted by atomic mass is 10.3. The van der Waals surface area contributed by atoms with E-state index in [-0.39, 0.29) is 5.69 Å². The molecule has 6 nitrogen and oxygen atoms in total. The molecule has 0 unspecified atom stereocenters. The number of aromatic nitrogens is 3. The zero-order valence-electron chi connectivity index (χ0n) is 10.4. The van der Waals surface area contributed by atoms with E-state index in [1.807, 2.05) is 14.0 Å². The molecular weight excluding hydrogens is 314 g/mol. The lowest BCUT2D eigenvalue weighted by Crippen LogP contribution is -2.05. The van der Waals surface area contributed by atoms with Gasteiger partial charge in [-0.05, 0) is 35.0 Å². The number of hydrogen-bond donors (Lipinski definition) is 1. The van der Waals surface area contributed by atoms with Crippen molar-refractivity contribution in [2.24, 2.45) is 7.05 Å². The highest BCUT2D eigenvalue weighted by Crippen LogP contribution is 2.21. The molecule has 2 aromatic heterocycles. The Morgan fingerprint density at radius 2 is 2.26 bits per heavy atom. The van der Waals surface area contributed by atoms with Crippen LogP contribution in [-0.4, -0.2) is 25.8 Å². The first-order chi connectivity index (χ1) is 8.99. The average molecular weight is 326 g/mol. The lowest BCUT2D eigenvalue weighted by Gasteiger charge is -2.06. The summed E-state index contributed by atoms with van der Waals surface area (Å²) in [6, 6.07) is 2.98. The van der Waals surface area contributed by atoms with Crippen molar-refractivity contribution in [1.29, 1.82) is 0 Å². The standard InChI is InChI=1S/C12H12BrN3O3/c1-7-11(13)10(16(2)15-7)6-19-8-3-4-9(12(17)18)14-5-8/h3-5H,6H2,1-2H3,(H,17,18). The predicted octanol–water partition coefficient (Wildman–Crippen LogP) is 2.16. The van der Waals surface area contributed by atoms with E-state index in [2.05, 4.69) is 26.0 Å². The van der Waals surface area contributed by atoms with E-state index in [0.29, 0.717) is 12.4 Å². The van der Waals surface area contributed by atoms with Gasteiger partial charge in [-0.3, -0.25) is 4.68 Å². The first-order valence-corrected chi connectivity index (χ1v) is 6.28. The number of carboxylic acid groups (broad SMARTS) is 1. The van der Waals surface area contributed by atoms with Crippen molar-refractivity contribution in [1.82, 2.24) is 14.8 Å². The molecule has 1 N–H and O–H groups in total. The number of nitrogens with zero attached hydrogens (tertiary/aromatic N) is 3. The Labute approximate surface area is 118 Å². The summed E-state index contributed by atoms with van der Waals surface area (Å²) in [4.78, 5) is 14.4. The van der Waals surface area contributed by atoms with Crippen molar-refractivity contribution < 1.29 is 14.6 Å². The number of rotatable bonds is 4. The van der Waals surface area contributed by atoms with Gasteiger partial charge < -0.3 is 9.84 Å². The first kappa shape index (κ1) is 13.5. The van der Waals surface area contributed by atoms with Crippen molar-refractivity contribution >= 4 is 21.9 Å². The number of aryl methyl sites for hydroxylation is 2.